The lowest BCUT2D eigenvalue weighted by atomic mass is 9.86. The van der Waals surface area contributed by atoms with Gasteiger partial charge in [0.05, 0.1) is 0 Å². The minimum Gasteiger partial charge on any atom is -0.344 e. The van der Waals surface area contributed by atoms with Gasteiger partial charge < -0.3 is 4.57 Å². The quantitative estimate of drug-likeness (QED) is 0.320. The third kappa shape index (κ3) is 2.84. The van der Waals surface area contributed by atoms with Crippen molar-refractivity contribution in [2.24, 2.45) is 0 Å². The first kappa shape index (κ1) is 17.5. The lowest BCUT2D eigenvalue weighted by Crippen LogP contribution is -2.10. The van der Waals surface area contributed by atoms with Crippen LogP contribution in [0.15, 0.2) is 83.3 Å². The number of para-hydroxylation sites is 1. The molecule has 1 unspecified atom stereocenters. The highest BCUT2D eigenvalue weighted by Gasteiger charge is 2.22. The van der Waals surface area contributed by atoms with Crippen LogP contribution >= 0.6 is 15.9 Å². The lowest BCUT2D eigenvalue weighted by molar-refractivity contribution is 0.696. The zero-order chi connectivity index (χ0) is 19.1. The minimum absolute atomic E-state index is 0.407. The van der Waals surface area contributed by atoms with Gasteiger partial charge in [-0.1, -0.05) is 88.7 Å². The van der Waals surface area contributed by atoms with Crippen molar-refractivity contribution in [2.45, 2.75) is 25.8 Å². The number of rotatable bonds is 3. The van der Waals surface area contributed by atoms with Crippen LogP contribution in [0.2, 0.25) is 0 Å². The van der Waals surface area contributed by atoms with Crippen LogP contribution < -0.4 is 0 Å². The highest BCUT2D eigenvalue weighted by Crippen LogP contribution is 2.37. The normalized spacial score (nSPS) is 15.7. The van der Waals surface area contributed by atoms with Gasteiger partial charge in [0.25, 0.3) is 0 Å². The zero-order valence-corrected chi connectivity index (χ0v) is 17.5. The summed E-state index contributed by atoms with van der Waals surface area (Å²) in [6.45, 7) is 3.25. The molecular weight excluding hydrogens is 406 g/mol. The Morgan fingerprint density at radius 2 is 1.79 bits per heavy atom. The van der Waals surface area contributed by atoms with E-state index in [2.05, 4.69) is 112 Å². The third-order valence-corrected chi connectivity index (χ3v) is 6.54. The number of halogens is 1. The van der Waals surface area contributed by atoms with Crippen molar-refractivity contribution in [2.75, 3.05) is 0 Å². The van der Waals surface area contributed by atoms with E-state index in [1.807, 2.05) is 0 Å². The fourth-order valence-corrected chi connectivity index (χ4v) is 5.01. The van der Waals surface area contributed by atoms with Crippen molar-refractivity contribution < 1.29 is 0 Å². The Morgan fingerprint density at radius 3 is 2.64 bits per heavy atom. The Morgan fingerprint density at radius 1 is 0.964 bits per heavy atom. The number of nitrogens with zero attached hydrogens (tertiary/aromatic N) is 1. The lowest BCUT2D eigenvalue weighted by Gasteiger charge is -2.21. The number of fused-ring (bicyclic) bond motifs is 3. The van der Waals surface area contributed by atoms with E-state index in [0.29, 0.717) is 5.92 Å². The van der Waals surface area contributed by atoms with Gasteiger partial charge in [0.1, 0.15) is 0 Å². The van der Waals surface area contributed by atoms with Crippen LogP contribution in [0.1, 0.15) is 29.7 Å². The first-order valence-corrected chi connectivity index (χ1v) is 10.7. The topological polar surface area (TPSA) is 4.93 Å². The minimum atomic E-state index is 0.407. The van der Waals surface area contributed by atoms with Gasteiger partial charge in [-0.2, -0.15) is 0 Å². The van der Waals surface area contributed by atoms with Gasteiger partial charge in [0.2, 0.25) is 0 Å². The summed E-state index contributed by atoms with van der Waals surface area (Å²) in [5.41, 5.74) is 8.09. The highest BCUT2D eigenvalue weighted by atomic mass is 79.9. The molecule has 0 saturated heterocycles. The van der Waals surface area contributed by atoms with Crippen LogP contribution in [0.3, 0.4) is 0 Å². The van der Waals surface area contributed by atoms with Crippen molar-refractivity contribution in [3.63, 3.8) is 0 Å². The standard InChI is InChI=1S/C26H22BrN/c1-2-28-25-13-6-4-11-22(25)23-15-14-19(17-26(23)28)18-8-7-9-20(16-18)21-10-3-5-12-24(21)27/h3-16,19H,2,17H2,1H3. The van der Waals surface area contributed by atoms with E-state index < -0.39 is 0 Å². The summed E-state index contributed by atoms with van der Waals surface area (Å²) in [6.07, 6.45) is 5.77. The molecule has 0 amide bonds. The van der Waals surface area contributed by atoms with E-state index in [4.69, 9.17) is 0 Å². The molecule has 0 N–H and O–H groups in total. The average molecular weight is 428 g/mol. The molecule has 0 saturated carbocycles. The molecule has 1 aromatic heterocycles. The van der Waals surface area contributed by atoms with E-state index >= 15 is 0 Å². The van der Waals surface area contributed by atoms with Crippen LogP contribution in [0.5, 0.6) is 0 Å². The summed E-state index contributed by atoms with van der Waals surface area (Å²) in [4.78, 5) is 0. The fourth-order valence-electron chi connectivity index (χ4n) is 4.50. The van der Waals surface area contributed by atoms with Crippen molar-refractivity contribution in [3.05, 3.63) is 100 Å². The van der Waals surface area contributed by atoms with E-state index in [1.165, 1.54) is 38.9 Å². The Kier molecular flexibility index (Phi) is 4.44. The van der Waals surface area contributed by atoms with E-state index in [-0.39, 0.29) is 0 Å². The second-order valence-corrected chi connectivity index (χ2v) is 8.25. The molecule has 1 atom stereocenters. The molecule has 5 rings (SSSR count). The number of benzene rings is 3. The second kappa shape index (κ2) is 7.10. The van der Waals surface area contributed by atoms with E-state index in [1.54, 1.807) is 0 Å². The van der Waals surface area contributed by atoms with E-state index in [0.717, 1.165) is 17.4 Å². The summed E-state index contributed by atoms with van der Waals surface area (Å²) < 4.78 is 3.62. The van der Waals surface area contributed by atoms with E-state index in [9.17, 15) is 0 Å². The van der Waals surface area contributed by atoms with Gasteiger partial charge >= 0.3 is 0 Å². The van der Waals surface area contributed by atoms with Crippen LogP contribution in [-0.4, -0.2) is 4.57 Å². The van der Waals surface area contributed by atoms with Gasteiger partial charge in [0, 0.05) is 39.1 Å². The third-order valence-electron chi connectivity index (χ3n) is 5.85. The van der Waals surface area contributed by atoms with Crippen LogP contribution in [0, 0.1) is 0 Å². The Hall–Kier alpha value is -2.58. The Labute approximate surface area is 174 Å². The number of allylic oxidation sites excluding steroid dienone is 1. The van der Waals surface area contributed by atoms with Gasteiger partial charge in [-0.05, 0) is 42.2 Å². The summed E-state index contributed by atoms with van der Waals surface area (Å²) in [5.74, 6) is 0.407. The molecule has 1 aliphatic rings. The molecule has 0 fully saturated rings. The molecule has 0 spiro atoms. The van der Waals surface area contributed by atoms with Gasteiger partial charge in [-0.3, -0.25) is 0 Å². The molecule has 138 valence electrons. The first-order chi connectivity index (χ1) is 13.8. The Balaban J connectivity index is 1.56. The van der Waals surface area contributed by atoms with Gasteiger partial charge in [0.15, 0.2) is 0 Å². The molecule has 28 heavy (non-hydrogen) atoms. The average Bonchev–Trinajstić information content (AvgIpc) is 3.07. The molecule has 3 aromatic carbocycles. The number of aromatic nitrogens is 1. The molecule has 2 heteroatoms. The smallest absolute Gasteiger partial charge is 0.0488 e. The highest BCUT2D eigenvalue weighted by molar-refractivity contribution is 9.10. The van der Waals surface area contributed by atoms with Gasteiger partial charge in [-0.25, -0.2) is 0 Å². The Bertz CT molecular complexity index is 1200. The maximum Gasteiger partial charge on any atom is 0.0488 e. The SMILES string of the molecule is CCn1c2c(c3ccccc31)C=CC(c1cccc(-c3ccccc3Br)c1)C2. The van der Waals surface area contributed by atoms with Gasteiger partial charge in [-0.15, -0.1) is 0 Å². The predicted octanol–water partition coefficient (Wildman–Crippen LogP) is 7.44. The van der Waals surface area contributed by atoms with Crippen LogP contribution in [-0.2, 0) is 13.0 Å². The monoisotopic (exact) mass is 427 g/mol. The maximum atomic E-state index is 3.70. The molecule has 1 heterocycles. The molecule has 4 aromatic rings. The number of hydrogen-bond acceptors (Lipinski definition) is 0. The molecule has 0 bridgehead atoms. The fraction of sp³-hybridized carbons (Fsp3) is 0.154. The summed E-state index contributed by atoms with van der Waals surface area (Å²) in [5, 5.41) is 1.37. The first-order valence-electron chi connectivity index (χ1n) is 9.89. The summed E-state index contributed by atoms with van der Waals surface area (Å²) >= 11 is 3.70. The maximum absolute atomic E-state index is 3.70. The van der Waals surface area contributed by atoms with Crippen LogP contribution in [0.25, 0.3) is 28.1 Å². The zero-order valence-electron chi connectivity index (χ0n) is 15.9. The molecule has 1 nitrogen and oxygen atoms in total. The molecule has 0 radical (unpaired) electrons. The number of hydrogen-bond donors (Lipinski definition) is 0. The number of aryl methyl sites for hydroxylation is 1. The molecular formula is C26H22BrN. The van der Waals surface area contributed by atoms with Crippen molar-refractivity contribution in [1.82, 2.24) is 4.57 Å². The van der Waals surface area contributed by atoms with Crippen molar-refractivity contribution >= 4 is 32.9 Å². The van der Waals surface area contributed by atoms with Crippen molar-refractivity contribution in [3.8, 4) is 11.1 Å². The predicted molar refractivity (Wildman–Crippen MR) is 123 cm³/mol. The van der Waals surface area contributed by atoms with Crippen LogP contribution in [0.4, 0.5) is 0 Å². The molecule has 0 aliphatic heterocycles. The molecule has 1 aliphatic carbocycles. The second-order valence-electron chi connectivity index (χ2n) is 7.40. The summed E-state index contributed by atoms with van der Waals surface area (Å²) in [6, 6.07) is 26.2. The summed E-state index contributed by atoms with van der Waals surface area (Å²) in [7, 11) is 0. The largest absolute Gasteiger partial charge is 0.344 e. The van der Waals surface area contributed by atoms with Crippen molar-refractivity contribution in [1.29, 1.82) is 0 Å².